The molecule has 0 saturated heterocycles. The van der Waals surface area contributed by atoms with E-state index in [1.54, 1.807) is 18.4 Å². The van der Waals surface area contributed by atoms with Gasteiger partial charge in [-0.1, -0.05) is 65.5 Å². The maximum Gasteiger partial charge on any atom is 0.224 e. The summed E-state index contributed by atoms with van der Waals surface area (Å²) in [5, 5.41) is 6.83. The number of ketones is 1. The summed E-state index contributed by atoms with van der Waals surface area (Å²) in [5.74, 6) is -0.188. The lowest BCUT2D eigenvalue weighted by molar-refractivity contribution is -0.130. The Kier molecular flexibility index (Phi) is 13.5. The zero-order chi connectivity index (χ0) is 29.8. The molecule has 7 nitrogen and oxygen atoms in total. The second-order valence-corrected chi connectivity index (χ2v) is 12.6. The van der Waals surface area contributed by atoms with Crippen LogP contribution in [0, 0.1) is 11.8 Å². The molecule has 1 aromatic heterocycles. The van der Waals surface area contributed by atoms with Crippen molar-refractivity contribution in [1.82, 2.24) is 20.5 Å². The first kappa shape index (κ1) is 32.9. The third kappa shape index (κ3) is 10.3. The van der Waals surface area contributed by atoms with Gasteiger partial charge in [0.25, 0.3) is 0 Å². The molecule has 1 aliphatic rings. The Bertz CT molecular complexity index is 1170. The lowest BCUT2D eigenvalue weighted by Crippen LogP contribution is -2.42. The molecular weight excluding hydrogens is 532 g/mol. The van der Waals surface area contributed by atoms with E-state index in [4.69, 9.17) is 4.98 Å². The molecule has 1 fully saturated rings. The molecule has 2 aromatic rings. The number of hydrogen-bond acceptors (Lipinski definition) is 6. The van der Waals surface area contributed by atoms with Crippen molar-refractivity contribution in [2.24, 2.45) is 11.8 Å². The van der Waals surface area contributed by atoms with Gasteiger partial charge >= 0.3 is 0 Å². The molecule has 1 heterocycles. The molecule has 1 aliphatic carbocycles. The number of carbonyl (C=O) groups excluding carboxylic acids is 3. The van der Waals surface area contributed by atoms with Gasteiger partial charge in [-0.15, -0.1) is 11.3 Å². The van der Waals surface area contributed by atoms with Crippen molar-refractivity contribution in [1.29, 1.82) is 0 Å². The van der Waals surface area contributed by atoms with Crippen molar-refractivity contribution < 1.29 is 14.4 Å². The third-order valence-electron chi connectivity index (χ3n) is 8.52. The van der Waals surface area contributed by atoms with Crippen LogP contribution in [-0.2, 0) is 27.2 Å². The van der Waals surface area contributed by atoms with Crippen LogP contribution in [0.3, 0.4) is 0 Å². The number of aromatic nitrogens is 1. The van der Waals surface area contributed by atoms with Gasteiger partial charge in [-0.3, -0.25) is 19.3 Å². The van der Waals surface area contributed by atoms with Crippen LogP contribution in [0.5, 0.6) is 0 Å². The maximum absolute atomic E-state index is 13.7. The van der Waals surface area contributed by atoms with Gasteiger partial charge in [0.15, 0.2) is 5.78 Å². The van der Waals surface area contributed by atoms with Gasteiger partial charge in [-0.25, -0.2) is 4.98 Å². The van der Waals surface area contributed by atoms with Crippen molar-refractivity contribution in [2.45, 2.75) is 97.4 Å². The summed E-state index contributed by atoms with van der Waals surface area (Å²) in [6.45, 7) is 12.7. The standard InChI is InChI=1S/C33H50N4O3S/c1-6-24-14-16-28-30(19-24)41-32(36-28)21-26(20-31(39)34-5)33(40)35-27(18-25-12-10-9-11-13-25)15-17-29(38)23(4)22-37(7-2)8-3/h14,16,19,25-27H,4,6-13,15,17-18,20-22H2,1-3,5H3,(H,34,39)(H,35,40)/t26-,27+/m0/s1. The molecule has 8 heteroatoms. The van der Waals surface area contributed by atoms with Crippen LogP contribution >= 0.6 is 11.3 Å². The molecule has 1 aromatic carbocycles. The summed E-state index contributed by atoms with van der Waals surface area (Å²) in [7, 11) is 1.60. The first-order valence-electron chi connectivity index (χ1n) is 15.6. The Hall–Kier alpha value is -2.58. The van der Waals surface area contributed by atoms with E-state index in [-0.39, 0.29) is 30.1 Å². The van der Waals surface area contributed by atoms with E-state index in [0.29, 0.717) is 37.3 Å². The van der Waals surface area contributed by atoms with Gasteiger partial charge in [0, 0.05) is 44.5 Å². The predicted octanol–water partition coefficient (Wildman–Crippen LogP) is 5.86. The number of benzene rings is 1. The van der Waals surface area contributed by atoms with Crippen LogP contribution in [0.25, 0.3) is 10.2 Å². The Balaban J connectivity index is 1.72. The monoisotopic (exact) mass is 582 g/mol. The lowest BCUT2D eigenvalue weighted by Gasteiger charge is -2.28. The van der Waals surface area contributed by atoms with Crippen LogP contribution < -0.4 is 10.6 Å². The van der Waals surface area contributed by atoms with E-state index in [1.165, 1.54) is 37.7 Å². The minimum absolute atomic E-state index is 0.0719. The summed E-state index contributed by atoms with van der Waals surface area (Å²) in [4.78, 5) is 46.1. The molecule has 1 saturated carbocycles. The number of likely N-dealkylation sites (N-methyl/N-ethyl adjacent to an activating group) is 1. The van der Waals surface area contributed by atoms with Crippen LogP contribution in [0.1, 0.15) is 89.1 Å². The van der Waals surface area contributed by atoms with Gasteiger partial charge in [-0.2, -0.15) is 0 Å². The van der Waals surface area contributed by atoms with Crippen LogP contribution in [0.2, 0.25) is 0 Å². The minimum Gasteiger partial charge on any atom is -0.359 e. The molecular formula is C33H50N4O3S. The van der Waals surface area contributed by atoms with Crippen molar-refractivity contribution in [3.05, 3.63) is 40.9 Å². The van der Waals surface area contributed by atoms with E-state index in [9.17, 15) is 14.4 Å². The molecule has 2 amide bonds. The molecule has 0 unspecified atom stereocenters. The molecule has 0 bridgehead atoms. The fourth-order valence-corrected chi connectivity index (χ4v) is 6.91. The number of fused-ring (bicyclic) bond motifs is 1. The fourth-order valence-electron chi connectivity index (χ4n) is 5.80. The Morgan fingerprint density at radius 3 is 2.51 bits per heavy atom. The van der Waals surface area contributed by atoms with Crippen molar-refractivity contribution >= 4 is 39.2 Å². The maximum atomic E-state index is 13.7. The molecule has 0 radical (unpaired) electrons. The molecule has 3 rings (SSSR count). The van der Waals surface area contributed by atoms with Gasteiger partial charge in [0.2, 0.25) is 11.8 Å². The first-order valence-corrected chi connectivity index (χ1v) is 16.4. The smallest absolute Gasteiger partial charge is 0.224 e. The Morgan fingerprint density at radius 1 is 1.12 bits per heavy atom. The summed E-state index contributed by atoms with van der Waals surface area (Å²) in [6, 6.07) is 6.18. The quantitative estimate of drug-likeness (QED) is 0.228. The first-order chi connectivity index (χ1) is 19.8. The average Bonchev–Trinajstić information content (AvgIpc) is 3.39. The topological polar surface area (TPSA) is 91.4 Å². The average molecular weight is 583 g/mol. The van der Waals surface area contributed by atoms with Crippen molar-refractivity contribution in [2.75, 3.05) is 26.7 Å². The Morgan fingerprint density at radius 2 is 1.85 bits per heavy atom. The van der Waals surface area contributed by atoms with Gasteiger partial charge in [0.1, 0.15) is 0 Å². The number of amides is 2. The number of carbonyl (C=O) groups is 3. The lowest BCUT2D eigenvalue weighted by atomic mass is 9.83. The predicted molar refractivity (Wildman–Crippen MR) is 169 cm³/mol. The van der Waals surface area contributed by atoms with Gasteiger partial charge in [-0.05, 0) is 56.0 Å². The number of nitrogens with one attached hydrogen (secondary N) is 2. The molecule has 0 spiro atoms. The highest BCUT2D eigenvalue weighted by molar-refractivity contribution is 7.18. The number of thiazole rings is 1. The SMILES string of the molecule is C=C(CN(CC)CC)C(=O)CC[C@H](CC1CCCCC1)NC(=O)[C@@H](CC(=O)NC)Cc1nc2ccc(CC)cc2s1. The number of hydrogen-bond donors (Lipinski definition) is 2. The summed E-state index contributed by atoms with van der Waals surface area (Å²) in [5.41, 5.74) is 2.82. The normalized spacial score (nSPS) is 15.5. The van der Waals surface area contributed by atoms with E-state index >= 15 is 0 Å². The van der Waals surface area contributed by atoms with Crippen LogP contribution in [0.15, 0.2) is 30.4 Å². The van der Waals surface area contributed by atoms with Crippen LogP contribution in [-0.4, -0.2) is 60.2 Å². The van der Waals surface area contributed by atoms with Crippen molar-refractivity contribution in [3.63, 3.8) is 0 Å². The highest BCUT2D eigenvalue weighted by Gasteiger charge is 2.28. The number of rotatable bonds is 17. The van der Waals surface area contributed by atoms with E-state index in [1.807, 2.05) is 6.07 Å². The number of aryl methyl sites for hydroxylation is 1. The second-order valence-electron chi connectivity index (χ2n) is 11.5. The van der Waals surface area contributed by atoms with Crippen LogP contribution in [0.4, 0.5) is 0 Å². The Labute approximate surface area is 250 Å². The summed E-state index contributed by atoms with van der Waals surface area (Å²) < 4.78 is 1.11. The van der Waals surface area contributed by atoms with Crippen molar-refractivity contribution in [3.8, 4) is 0 Å². The molecule has 226 valence electrons. The number of nitrogens with zero attached hydrogens (tertiary/aromatic N) is 2. The summed E-state index contributed by atoms with van der Waals surface area (Å²) in [6.07, 6.45) is 9.36. The molecule has 41 heavy (non-hydrogen) atoms. The van der Waals surface area contributed by atoms with E-state index in [0.717, 1.165) is 41.2 Å². The zero-order valence-electron chi connectivity index (χ0n) is 25.6. The summed E-state index contributed by atoms with van der Waals surface area (Å²) >= 11 is 1.60. The van der Waals surface area contributed by atoms with E-state index < -0.39 is 5.92 Å². The fraction of sp³-hybridized carbons (Fsp3) is 0.636. The molecule has 2 N–H and O–H groups in total. The highest BCUT2D eigenvalue weighted by atomic mass is 32.1. The minimum atomic E-state index is -0.525. The highest BCUT2D eigenvalue weighted by Crippen LogP contribution is 2.29. The van der Waals surface area contributed by atoms with Gasteiger partial charge in [0.05, 0.1) is 21.1 Å². The molecule has 0 aliphatic heterocycles. The molecule has 2 atom stereocenters. The van der Waals surface area contributed by atoms with Gasteiger partial charge < -0.3 is 10.6 Å². The third-order valence-corrected chi connectivity index (χ3v) is 9.56. The largest absolute Gasteiger partial charge is 0.359 e. The van der Waals surface area contributed by atoms with E-state index in [2.05, 4.69) is 55.0 Å². The number of Topliss-reactive ketones (excluding diaryl/α,β-unsaturated/α-hetero) is 1. The second kappa shape index (κ2) is 16.8. The zero-order valence-corrected chi connectivity index (χ0v) is 26.4.